The topological polar surface area (TPSA) is 49.4 Å². The molecule has 1 heterocycles. The molecule has 0 radical (unpaired) electrons. The van der Waals surface area contributed by atoms with Crippen LogP contribution in [0.4, 0.5) is 18.9 Å². The van der Waals surface area contributed by atoms with Crippen LogP contribution < -0.4 is 10.2 Å². The first-order valence-corrected chi connectivity index (χ1v) is 10.3. The van der Waals surface area contributed by atoms with Gasteiger partial charge in [-0.1, -0.05) is 24.3 Å². The van der Waals surface area contributed by atoms with Crippen molar-refractivity contribution in [3.05, 3.63) is 59.7 Å². The highest BCUT2D eigenvalue weighted by Gasteiger charge is 2.29. The van der Waals surface area contributed by atoms with Crippen molar-refractivity contribution in [2.24, 2.45) is 0 Å². The van der Waals surface area contributed by atoms with Gasteiger partial charge in [-0.25, -0.2) is 0 Å². The summed E-state index contributed by atoms with van der Waals surface area (Å²) >= 11 is 1.71. The van der Waals surface area contributed by atoms with Gasteiger partial charge < -0.3 is 10.2 Å². The van der Waals surface area contributed by atoms with Gasteiger partial charge in [-0.2, -0.15) is 13.2 Å². The Hall–Kier alpha value is -2.48. The van der Waals surface area contributed by atoms with E-state index in [0.717, 1.165) is 28.5 Å². The van der Waals surface area contributed by atoms with E-state index in [1.165, 1.54) is 12.1 Å². The zero-order valence-corrected chi connectivity index (χ0v) is 16.5. The lowest BCUT2D eigenvalue weighted by atomic mass is 10.1. The number of fused-ring (bicyclic) bond motifs is 1. The number of para-hydroxylation sites is 1. The number of thioether (sulfide) groups is 1. The summed E-state index contributed by atoms with van der Waals surface area (Å²) in [5.41, 5.74) is 0.898. The highest BCUT2D eigenvalue weighted by molar-refractivity contribution is 7.99. The van der Waals surface area contributed by atoms with Crippen LogP contribution >= 0.6 is 11.8 Å². The first-order valence-electron chi connectivity index (χ1n) is 9.29. The Labute approximate surface area is 171 Å². The number of halogens is 3. The van der Waals surface area contributed by atoms with Gasteiger partial charge in [0.1, 0.15) is 0 Å². The Balaban J connectivity index is 1.42. The SMILES string of the molecule is O=C(CCC(=O)N1CCSc2ccccc21)NCCc1ccc(C(F)(F)F)cc1. The molecule has 154 valence electrons. The van der Waals surface area contributed by atoms with E-state index in [1.54, 1.807) is 16.7 Å². The lowest BCUT2D eigenvalue weighted by Gasteiger charge is -2.29. The summed E-state index contributed by atoms with van der Waals surface area (Å²) in [7, 11) is 0. The Bertz CT molecular complexity index is 869. The van der Waals surface area contributed by atoms with E-state index < -0.39 is 11.7 Å². The molecule has 0 aliphatic carbocycles. The molecule has 2 amide bonds. The number of nitrogens with one attached hydrogen (secondary N) is 1. The van der Waals surface area contributed by atoms with Crippen LogP contribution in [-0.2, 0) is 22.2 Å². The van der Waals surface area contributed by atoms with Crippen molar-refractivity contribution >= 4 is 29.3 Å². The molecule has 0 aromatic heterocycles. The summed E-state index contributed by atoms with van der Waals surface area (Å²) in [5.74, 6) is 0.489. The lowest BCUT2D eigenvalue weighted by Crippen LogP contribution is -2.36. The number of rotatable bonds is 6. The fourth-order valence-corrected chi connectivity index (χ4v) is 4.07. The maximum atomic E-state index is 12.6. The van der Waals surface area contributed by atoms with Crippen LogP contribution in [0.25, 0.3) is 0 Å². The fourth-order valence-electron chi connectivity index (χ4n) is 3.08. The fraction of sp³-hybridized carbons (Fsp3) is 0.333. The van der Waals surface area contributed by atoms with Gasteiger partial charge in [0.05, 0.1) is 11.3 Å². The molecule has 0 fully saturated rings. The first kappa shape index (κ1) is 21.2. The van der Waals surface area contributed by atoms with Gasteiger partial charge >= 0.3 is 6.18 Å². The van der Waals surface area contributed by atoms with Gasteiger partial charge in [0.25, 0.3) is 0 Å². The Morgan fingerprint density at radius 3 is 2.48 bits per heavy atom. The van der Waals surface area contributed by atoms with Crippen molar-refractivity contribution < 1.29 is 22.8 Å². The zero-order chi connectivity index (χ0) is 20.9. The maximum absolute atomic E-state index is 12.6. The van der Waals surface area contributed by atoms with E-state index in [9.17, 15) is 22.8 Å². The molecule has 1 aliphatic heterocycles. The number of nitrogens with zero attached hydrogens (tertiary/aromatic N) is 1. The molecule has 0 bridgehead atoms. The average molecular weight is 422 g/mol. The number of hydrogen-bond donors (Lipinski definition) is 1. The van der Waals surface area contributed by atoms with Crippen molar-refractivity contribution in [3.63, 3.8) is 0 Å². The van der Waals surface area contributed by atoms with Gasteiger partial charge in [-0.3, -0.25) is 9.59 Å². The number of carbonyl (C=O) groups is 2. The molecule has 1 N–H and O–H groups in total. The molecular formula is C21H21F3N2O2S. The third kappa shape index (κ3) is 5.76. The molecule has 4 nitrogen and oxygen atoms in total. The van der Waals surface area contributed by atoms with Crippen molar-refractivity contribution in [3.8, 4) is 0 Å². The van der Waals surface area contributed by atoms with Crippen molar-refractivity contribution in [1.82, 2.24) is 5.32 Å². The maximum Gasteiger partial charge on any atom is 0.416 e. The average Bonchev–Trinajstić information content (AvgIpc) is 2.71. The predicted octanol–water partition coefficient (Wildman–Crippen LogP) is 4.28. The van der Waals surface area contributed by atoms with Gasteiger partial charge in [-0.05, 0) is 36.2 Å². The lowest BCUT2D eigenvalue weighted by molar-refractivity contribution is -0.137. The second kappa shape index (κ2) is 9.35. The molecule has 0 unspecified atom stereocenters. The molecule has 8 heteroatoms. The molecule has 0 spiro atoms. The number of alkyl halides is 3. The minimum absolute atomic E-state index is 0.0810. The Morgan fingerprint density at radius 2 is 1.76 bits per heavy atom. The minimum Gasteiger partial charge on any atom is -0.356 e. The monoisotopic (exact) mass is 422 g/mol. The molecule has 0 saturated carbocycles. The van der Waals surface area contributed by atoms with Crippen LogP contribution in [0.1, 0.15) is 24.0 Å². The molecule has 1 aliphatic rings. The van der Waals surface area contributed by atoms with Gasteiger partial charge in [0, 0.05) is 36.6 Å². The highest BCUT2D eigenvalue weighted by Crippen LogP contribution is 2.34. The molecule has 2 aromatic carbocycles. The van der Waals surface area contributed by atoms with Crippen LogP contribution in [0.3, 0.4) is 0 Å². The van der Waals surface area contributed by atoms with Gasteiger partial charge in [-0.15, -0.1) is 11.8 Å². The first-order chi connectivity index (χ1) is 13.8. The van der Waals surface area contributed by atoms with E-state index in [4.69, 9.17) is 0 Å². The third-order valence-corrected chi connectivity index (χ3v) is 5.66. The predicted molar refractivity (Wildman–Crippen MR) is 107 cm³/mol. The van der Waals surface area contributed by atoms with Crippen LogP contribution in [0.5, 0.6) is 0 Å². The smallest absolute Gasteiger partial charge is 0.356 e. The summed E-state index contributed by atoms with van der Waals surface area (Å²) in [5, 5.41) is 2.72. The number of carbonyl (C=O) groups excluding carboxylic acids is 2. The van der Waals surface area contributed by atoms with E-state index in [0.29, 0.717) is 25.1 Å². The quantitative estimate of drug-likeness (QED) is 0.756. The van der Waals surface area contributed by atoms with Crippen LogP contribution in [0.15, 0.2) is 53.4 Å². The molecule has 2 aromatic rings. The Kier molecular flexibility index (Phi) is 6.84. The summed E-state index contributed by atoms with van der Waals surface area (Å²) in [4.78, 5) is 27.3. The van der Waals surface area contributed by atoms with E-state index in [2.05, 4.69) is 5.32 Å². The summed E-state index contributed by atoms with van der Waals surface area (Å²) in [6.07, 6.45) is -3.73. The number of anilines is 1. The largest absolute Gasteiger partial charge is 0.416 e. The van der Waals surface area contributed by atoms with E-state index in [-0.39, 0.29) is 24.7 Å². The standard InChI is InChI=1S/C21H21F3N2O2S/c22-21(23,24)16-7-5-15(6-8-16)11-12-25-19(27)9-10-20(28)26-13-14-29-18-4-2-1-3-17(18)26/h1-8H,9-14H2,(H,25,27). The van der Waals surface area contributed by atoms with Gasteiger partial charge in [0.15, 0.2) is 0 Å². The normalized spacial score (nSPS) is 13.7. The third-order valence-electron chi connectivity index (χ3n) is 4.61. The molecule has 0 atom stereocenters. The van der Waals surface area contributed by atoms with Crippen LogP contribution in [0, 0.1) is 0 Å². The Morgan fingerprint density at radius 1 is 1.03 bits per heavy atom. The summed E-state index contributed by atoms with van der Waals surface area (Å²) in [6, 6.07) is 12.6. The number of hydrogen-bond acceptors (Lipinski definition) is 3. The molecular weight excluding hydrogens is 401 g/mol. The molecule has 0 saturated heterocycles. The van der Waals surface area contributed by atoms with Crippen molar-refractivity contribution in [1.29, 1.82) is 0 Å². The zero-order valence-electron chi connectivity index (χ0n) is 15.7. The minimum atomic E-state index is -4.35. The number of benzene rings is 2. The van der Waals surface area contributed by atoms with E-state index in [1.807, 2.05) is 24.3 Å². The highest BCUT2D eigenvalue weighted by atomic mass is 32.2. The van der Waals surface area contributed by atoms with Gasteiger partial charge in [0.2, 0.25) is 11.8 Å². The second-order valence-electron chi connectivity index (χ2n) is 6.66. The summed E-state index contributed by atoms with van der Waals surface area (Å²) in [6.45, 7) is 0.928. The van der Waals surface area contributed by atoms with Crippen LogP contribution in [0.2, 0.25) is 0 Å². The van der Waals surface area contributed by atoms with Crippen molar-refractivity contribution in [2.45, 2.75) is 30.3 Å². The van der Waals surface area contributed by atoms with Crippen molar-refractivity contribution in [2.75, 3.05) is 23.7 Å². The second-order valence-corrected chi connectivity index (χ2v) is 7.79. The van der Waals surface area contributed by atoms with E-state index >= 15 is 0 Å². The molecule has 29 heavy (non-hydrogen) atoms. The number of amides is 2. The molecule has 3 rings (SSSR count). The van der Waals surface area contributed by atoms with Crippen LogP contribution in [-0.4, -0.2) is 30.7 Å². The summed E-state index contributed by atoms with van der Waals surface area (Å²) < 4.78 is 37.7.